The van der Waals surface area contributed by atoms with Crippen LogP contribution in [0.4, 0.5) is 5.82 Å². The van der Waals surface area contributed by atoms with E-state index in [9.17, 15) is 0 Å². The van der Waals surface area contributed by atoms with Gasteiger partial charge in [-0.1, -0.05) is 20.8 Å². The number of hydrogen-bond donors (Lipinski definition) is 3. The van der Waals surface area contributed by atoms with Gasteiger partial charge >= 0.3 is 0 Å². The van der Waals surface area contributed by atoms with Gasteiger partial charge in [-0.05, 0) is 24.7 Å². The molecule has 7 heteroatoms. The number of aromatic nitrogens is 2. The first-order valence-corrected chi connectivity index (χ1v) is 9.61. The summed E-state index contributed by atoms with van der Waals surface area (Å²) in [4.78, 5) is 11.6. The van der Waals surface area contributed by atoms with E-state index in [0.717, 1.165) is 43.1 Å². The van der Waals surface area contributed by atoms with E-state index >= 15 is 0 Å². The molecule has 2 unspecified atom stereocenters. The number of hydrazine groups is 1. The molecule has 1 saturated heterocycles. The first kappa shape index (κ1) is 19.5. The van der Waals surface area contributed by atoms with Crippen LogP contribution in [0.15, 0.2) is 6.07 Å². The van der Waals surface area contributed by atoms with Crippen molar-refractivity contribution in [2.45, 2.75) is 70.7 Å². The average molecular weight is 363 g/mol. The van der Waals surface area contributed by atoms with Crippen molar-refractivity contribution >= 4 is 5.82 Å². The molecular formula is C19H34N6O. The van der Waals surface area contributed by atoms with Crippen LogP contribution in [-0.2, 0) is 11.3 Å². The Labute approximate surface area is 157 Å². The summed E-state index contributed by atoms with van der Waals surface area (Å²) in [5.41, 5.74) is 14.2. The summed E-state index contributed by atoms with van der Waals surface area (Å²) in [6.07, 6.45) is 3.12. The summed E-state index contributed by atoms with van der Waals surface area (Å²) in [6.45, 7) is 8.15. The molecule has 1 aromatic heterocycles. The van der Waals surface area contributed by atoms with Gasteiger partial charge in [0.1, 0.15) is 12.4 Å². The maximum atomic E-state index is 5.96. The number of ether oxygens (including phenoxy) is 1. The molecule has 2 heterocycles. The van der Waals surface area contributed by atoms with Crippen molar-refractivity contribution in [3.8, 4) is 0 Å². The van der Waals surface area contributed by atoms with Gasteiger partial charge in [0.25, 0.3) is 0 Å². The van der Waals surface area contributed by atoms with Crippen molar-refractivity contribution in [3.63, 3.8) is 0 Å². The molecule has 0 aromatic carbocycles. The zero-order valence-electron chi connectivity index (χ0n) is 16.7. The maximum absolute atomic E-state index is 5.96. The molecule has 1 aliphatic carbocycles. The van der Waals surface area contributed by atoms with Crippen LogP contribution in [0.3, 0.4) is 0 Å². The predicted octanol–water partition coefficient (Wildman–Crippen LogP) is 1.55. The van der Waals surface area contributed by atoms with Gasteiger partial charge in [-0.25, -0.2) is 9.97 Å². The summed E-state index contributed by atoms with van der Waals surface area (Å²) in [7, 11) is 3.78. The second-order valence-electron chi connectivity index (χ2n) is 8.95. The average Bonchev–Trinajstić information content (AvgIpc) is 3.00. The summed E-state index contributed by atoms with van der Waals surface area (Å²) in [6, 6.07) is 3.30. The van der Waals surface area contributed by atoms with Gasteiger partial charge in [-0.2, -0.15) is 0 Å². The molecular weight excluding hydrogens is 328 g/mol. The molecule has 4 N–H and O–H groups in total. The minimum absolute atomic E-state index is 0.247. The number of rotatable bonds is 6. The SMILES string of the molecule is COCc1nc(C2CC(N)C2)cc(N(C)CC2CC(C(C)(C)C)NN2)n1. The third-order valence-electron chi connectivity index (χ3n) is 5.56. The second-order valence-corrected chi connectivity index (χ2v) is 8.95. The van der Waals surface area contributed by atoms with E-state index in [1.165, 1.54) is 0 Å². The van der Waals surface area contributed by atoms with E-state index < -0.39 is 0 Å². The van der Waals surface area contributed by atoms with Gasteiger partial charge in [0.05, 0.1) is 0 Å². The Hall–Kier alpha value is -1.28. The highest BCUT2D eigenvalue weighted by atomic mass is 16.5. The molecule has 0 spiro atoms. The second kappa shape index (κ2) is 7.76. The first-order chi connectivity index (χ1) is 12.3. The van der Waals surface area contributed by atoms with Gasteiger partial charge in [0.15, 0.2) is 5.82 Å². The van der Waals surface area contributed by atoms with Gasteiger partial charge in [-0.15, -0.1) is 0 Å². The normalized spacial score (nSPS) is 28.8. The van der Waals surface area contributed by atoms with E-state index in [4.69, 9.17) is 20.4 Å². The summed E-state index contributed by atoms with van der Waals surface area (Å²) in [5.74, 6) is 2.16. The Morgan fingerprint density at radius 1 is 1.23 bits per heavy atom. The number of hydrogen-bond acceptors (Lipinski definition) is 7. The van der Waals surface area contributed by atoms with E-state index in [1.807, 2.05) is 0 Å². The molecule has 0 amide bonds. The quantitative estimate of drug-likeness (QED) is 0.707. The van der Waals surface area contributed by atoms with Crippen LogP contribution >= 0.6 is 0 Å². The Balaban J connectivity index is 1.69. The Morgan fingerprint density at radius 3 is 2.54 bits per heavy atom. The molecule has 2 aliphatic rings. The number of anilines is 1. The molecule has 2 atom stereocenters. The van der Waals surface area contributed by atoms with Crippen LogP contribution in [0.5, 0.6) is 0 Å². The van der Waals surface area contributed by atoms with E-state index in [-0.39, 0.29) is 5.41 Å². The predicted molar refractivity (Wildman–Crippen MR) is 104 cm³/mol. The third kappa shape index (κ3) is 4.52. The van der Waals surface area contributed by atoms with Crippen molar-refractivity contribution in [2.24, 2.45) is 11.1 Å². The fourth-order valence-electron chi connectivity index (χ4n) is 3.74. The third-order valence-corrected chi connectivity index (χ3v) is 5.56. The smallest absolute Gasteiger partial charge is 0.156 e. The lowest BCUT2D eigenvalue weighted by Gasteiger charge is -2.32. The monoisotopic (exact) mass is 362 g/mol. The van der Waals surface area contributed by atoms with Crippen LogP contribution in [0.1, 0.15) is 57.5 Å². The minimum Gasteiger partial charge on any atom is -0.377 e. The molecule has 7 nitrogen and oxygen atoms in total. The highest BCUT2D eigenvalue weighted by Gasteiger charge is 2.33. The fourth-order valence-corrected chi connectivity index (χ4v) is 3.74. The fraction of sp³-hybridized carbons (Fsp3) is 0.789. The highest BCUT2D eigenvalue weighted by molar-refractivity contribution is 5.40. The number of nitrogens with two attached hydrogens (primary N) is 1. The van der Waals surface area contributed by atoms with Crippen LogP contribution in [0.25, 0.3) is 0 Å². The topological polar surface area (TPSA) is 88.3 Å². The molecule has 2 fully saturated rings. The molecule has 1 aliphatic heterocycles. The lowest BCUT2D eigenvalue weighted by molar-refractivity contribution is 0.177. The minimum atomic E-state index is 0.247. The van der Waals surface area contributed by atoms with Crippen molar-refractivity contribution in [1.29, 1.82) is 0 Å². The van der Waals surface area contributed by atoms with Crippen molar-refractivity contribution in [2.75, 3.05) is 25.6 Å². The van der Waals surface area contributed by atoms with Gasteiger partial charge in [0.2, 0.25) is 0 Å². The van der Waals surface area contributed by atoms with Crippen LogP contribution in [-0.4, -0.2) is 48.8 Å². The number of nitrogens with zero attached hydrogens (tertiary/aromatic N) is 3. The van der Waals surface area contributed by atoms with Crippen LogP contribution in [0, 0.1) is 5.41 Å². The lowest BCUT2D eigenvalue weighted by Crippen LogP contribution is -2.42. The maximum Gasteiger partial charge on any atom is 0.156 e. The van der Waals surface area contributed by atoms with E-state index in [0.29, 0.717) is 30.7 Å². The van der Waals surface area contributed by atoms with Gasteiger partial charge in [-0.3, -0.25) is 10.9 Å². The Morgan fingerprint density at radius 2 is 1.96 bits per heavy atom. The largest absolute Gasteiger partial charge is 0.377 e. The van der Waals surface area contributed by atoms with Crippen molar-refractivity contribution in [3.05, 3.63) is 17.6 Å². The summed E-state index contributed by atoms with van der Waals surface area (Å²) in [5, 5.41) is 0. The summed E-state index contributed by atoms with van der Waals surface area (Å²) >= 11 is 0. The molecule has 0 bridgehead atoms. The zero-order chi connectivity index (χ0) is 18.9. The van der Waals surface area contributed by atoms with Crippen molar-refractivity contribution in [1.82, 2.24) is 20.8 Å². The molecule has 26 heavy (non-hydrogen) atoms. The molecule has 1 aromatic rings. The van der Waals surface area contributed by atoms with Crippen LogP contribution in [0.2, 0.25) is 0 Å². The summed E-state index contributed by atoms with van der Waals surface area (Å²) < 4.78 is 5.26. The standard InChI is InChI=1S/C19H34N6O/c1-19(2,3)16-8-14(23-24-16)10-25(4)18-9-15(12-6-13(20)7-12)21-17(22-18)11-26-5/h9,12-14,16,23-24H,6-8,10-11,20H2,1-5H3. The van der Waals surface area contributed by atoms with Crippen LogP contribution < -0.4 is 21.5 Å². The van der Waals surface area contributed by atoms with Gasteiger partial charge < -0.3 is 15.4 Å². The van der Waals surface area contributed by atoms with Gasteiger partial charge in [0, 0.05) is 56.5 Å². The number of methoxy groups -OCH3 is 1. The number of nitrogens with one attached hydrogen (secondary N) is 2. The number of likely N-dealkylation sites (N-methyl/N-ethyl adjacent to an activating group) is 1. The molecule has 1 saturated carbocycles. The Kier molecular flexibility index (Phi) is 5.81. The lowest BCUT2D eigenvalue weighted by atomic mass is 9.78. The molecule has 3 rings (SSSR count). The first-order valence-electron chi connectivity index (χ1n) is 9.61. The zero-order valence-corrected chi connectivity index (χ0v) is 16.7. The highest BCUT2D eigenvalue weighted by Crippen LogP contribution is 2.35. The van der Waals surface area contributed by atoms with E-state index in [1.54, 1.807) is 7.11 Å². The molecule has 0 radical (unpaired) electrons. The van der Waals surface area contributed by atoms with E-state index in [2.05, 4.69) is 49.6 Å². The Bertz CT molecular complexity index is 611. The van der Waals surface area contributed by atoms with Crippen molar-refractivity contribution < 1.29 is 4.74 Å². The molecule has 146 valence electrons.